The molecule has 2 nitrogen and oxygen atoms in total. The summed E-state index contributed by atoms with van der Waals surface area (Å²) in [5, 5.41) is 6.68. The fraction of sp³-hybridized carbons (Fsp3) is 0.667. The molecule has 4 heteroatoms. The monoisotopic (exact) mass is 214 g/mol. The highest BCUT2D eigenvalue weighted by molar-refractivity contribution is 7.99. The summed E-state index contributed by atoms with van der Waals surface area (Å²) in [5.74, 6) is 2.59. The summed E-state index contributed by atoms with van der Waals surface area (Å²) in [6.07, 6.45) is 2.56. The SMILES string of the molecule is Cc1csc(NC2CCSCC2)n1. The molecule has 0 bridgehead atoms. The van der Waals surface area contributed by atoms with Crippen molar-refractivity contribution >= 4 is 28.2 Å². The normalized spacial score (nSPS) is 18.8. The van der Waals surface area contributed by atoms with Crippen molar-refractivity contribution < 1.29 is 0 Å². The summed E-state index contributed by atoms with van der Waals surface area (Å²) >= 11 is 3.77. The lowest BCUT2D eigenvalue weighted by Crippen LogP contribution is -2.24. The topological polar surface area (TPSA) is 24.9 Å². The Morgan fingerprint density at radius 3 is 2.85 bits per heavy atom. The molecule has 2 rings (SSSR count). The number of nitrogens with zero attached hydrogens (tertiary/aromatic N) is 1. The van der Waals surface area contributed by atoms with E-state index in [9.17, 15) is 0 Å². The first-order valence-electron chi connectivity index (χ1n) is 4.61. The van der Waals surface area contributed by atoms with Crippen LogP contribution in [-0.2, 0) is 0 Å². The first kappa shape index (κ1) is 9.34. The second kappa shape index (κ2) is 4.33. The lowest BCUT2D eigenvalue weighted by molar-refractivity contribution is 0.666. The minimum absolute atomic E-state index is 0.659. The van der Waals surface area contributed by atoms with Crippen molar-refractivity contribution in [3.63, 3.8) is 0 Å². The first-order chi connectivity index (χ1) is 6.34. The standard InChI is InChI=1S/C9H14N2S2/c1-7-6-13-9(10-7)11-8-2-4-12-5-3-8/h6,8H,2-5H2,1H3,(H,10,11). The van der Waals surface area contributed by atoms with Crippen molar-refractivity contribution in [2.45, 2.75) is 25.8 Å². The van der Waals surface area contributed by atoms with Gasteiger partial charge in [0.1, 0.15) is 0 Å². The Morgan fingerprint density at radius 2 is 2.23 bits per heavy atom. The zero-order valence-corrected chi connectivity index (χ0v) is 9.38. The van der Waals surface area contributed by atoms with E-state index in [1.807, 2.05) is 6.92 Å². The van der Waals surface area contributed by atoms with Gasteiger partial charge < -0.3 is 5.32 Å². The number of rotatable bonds is 2. The van der Waals surface area contributed by atoms with Gasteiger partial charge >= 0.3 is 0 Å². The van der Waals surface area contributed by atoms with Crippen LogP contribution in [0, 0.1) is 6.92 Å². The second-order valence-electron chi connectivity index (χ2n) is 3.33. The van der Waals surface area contributed by atoms with Gasteiger partial charge in [-0.05, 0) is 31.3 Å². The largest absolute Gasteiger partial charge is 0.359 e. The van der Waals surface area contributed by atoms with Gasteiger partial charge in [0.25, 0.3) is 0 Å². The van der Waals surface area contributed by atoms with E-state index in [4.69, 9.17) is 0 Å². The molecule has 72 valence electrons. The van der Waals surface area contributed by atoms with Crippen LogP contribution < -0.4 is 5.32 Å². The van der Waals surface area contributed by atoms with E-state index in [0.717, 1.165) is 10.8 Å². The van der Waals surface area contributed by atoms with E-state index >= 15 is 0 Å². The maximum Gasteiger partial charge on any atom is 0.183 e. The number of nitrogens with one attached hydrogen (secondary N) is 1. The van der Waals surface area contributed by atoms with Crippen molar-refractivity contribution in [2.24, 2.45) is 0 Å². The Labute approximate surface area is 87.1 Å². The molecule has 0 atom stereocenters. The number of aryl methyl sites for hydroxylation is 1. The maximum absolute atomic E-state index is 4.41. The minimum Gasteiger partial charge on any atom is -0.359 e. The highest BCUT2D eigenvalue weighted by atomic mass is 32.2. The smallest absolute Gasteiger partial charge is 0.183 e. The summed E-state index contributed by atoms with van der Waals surface area (Å²) in [5.41, 5.74) is 1.12. The summed E-state index contributed by atoms with van der Waals surface area (Å²) < 4.78 is 0. The van der Waals surface area contributed by atoms with Crippen LogP contribution in [0.2, 0.25) is 0 Å². The number of aromatic nitrogens is 1. The predicted molar refractivity (Wildman–Crippen MR) is 60.8 cm³/mol. The Morgan fingerprint density at radius 1 is 1.46 bits per heavy atom. The fourth-order valence-corrected chi connectivity index (χ4v) is 3.31. The Kier molecular flexibility index (Phi) is 3.11. The lowest BCUT2D eigenvalue weighted by atomic mass is 10.2. The van der Waals surface area contributed by atoms with Crippen LogP contribution in [0.3, 0.4) is 0 Å². The molecular formula is C9H14N2S2. The van der Waals surface area contributed by atoms with Crippen molar-refractivity contribution in [1.29, 1.82) is 0 Å². The molecule has 1 aromatic rings. The van der Waals surface area contributed by atoms with E-state index in [2.05, 4.69) is 27.4 Å². The summed E-state index contributed by atoms with van der Waals surface area (Å²) in [6, 6.07) is 0.659. The predicted octanol–water partition coefficient (Wildman–Crippen LogP) is 2.76. The minimum atomic E-state index is 0.659. The van der Waals surface area contributed by atoms with Gasteiger partial charge in [0.05, 0.1) is 5.69 Å². The number of thiazole rings is 1. The highest BCUT2D eigenvalue weighted by Gasteiger charge is 2.13. The van der Waals surface area contributed by atoms with Crippen LogP contribution in [0.5, 0.6) is 0 Å². The van der Waals surface area contributed by atoms with E-state index < -0.39 is 0 Å². The third kappa shape index (κ3) is 2.61. The molecule has 2 heterocycles. The van der Waals surface area contributed by atoms with Crippen LogP contribution in [0.4, 0.5) is 5.13 Å². The molecule has 1 aliphatic rings. The molecule has 0 unspecified atom stereocenters. The maximum atomic E-state index is 4.41. The quantitative estimate of drug-likeness (QED) is 0.819. The van der Waals surface area contributed by atoms with Crippen LogP contribution in [-0.4, -0.2) is 22.5 Å². The molecule has 0 radical (unpaired) electrons. The Balaban J connectivity index is 1.89. The number of thioether (sulfide) groups is 1. The van der Waals surface area contributed by atoms with Crippen molar-refractivity contribution in [3.8, 4) is 0 Å². The van der Waals surface area contributed by atoms with Crippen molar-refractivity contribution in [3.05, 3.63) is 11.1 Å². The average molecular weight is 214 g/mol. The second-order valence-corrected chi connectivity index (χ2v) is 5.41. The van der Waals surface area contributed by atoms with Crippen LogP contribution in [0.25, 0.3) is 0 Å². The molecule has 1 saturated heterocycles. The van der Waals surface area contributed by atoms with Gasteiger partial charge in [0.2, 0.25) is 0 Å². The molecule has 0 aromatic carbocycles. The molecule has 1 aromatic heterocycles. The molecule has 1 N–H and O–H groups in total. The third-order valence-corrected chi connectivity index (χ3v) is 4.11. The average Bonchev–Trinajstić information content (AvgIpc) is 2.53. The molecule has 1 aliphatic heterocycles. The Hall–Kier alpha value is -0.220. The first-order valence-corrected chi connectivity index (χ1v) is 6.64. The zero-order chi connectivity index (χ0) is 9.10. The number of hydrogen-bond acceptors (Lipinski definition) is 4. The number of hydrogen-bond donors (Lipinski definition) is 1. The van der Waals surface area contributed by atoms with Crippen molar-refractivity contribution in [2.75, 3.05) is 16.8 Å². The highest BCUT2D eigenvalue weighted by Crippen LogP contribution is 2.22. The van der Waals surface area contributed by atoms with Gasteiger partial charge in [-0.25, -0.2) is 4.98 Å². The van der Waals surface area contributed by atoms with E-state index in [1.165, 1.54) is 24.3 Å². The van der Waals surface area contributed by atoms with Crippen LogP contribution >= 0.6 is 23.1 Å². The zero-order valence-electron chi connectivity index (χ0n) is 7.75. The van der Waals surface area contributed by atoms with Gasteiger partial charge in [-0.15, -0.1) is 11.3 Å². The van der Waals surface area contributed by atoms with Crippen LogP contribution in [0.1, 0.15) is 18.5 Å². The van der Waals surface area contributed by atoms with E-state index in [-0.39, 0.29) is 0 Å². The molecular weight excluding hydrogens is 200 g/mol. The van der Waals surface area contributed by atoms with Gasteiger partial charge in [0.15, 0.2) is 5.13 Å². The molecule has 13 heavy (non-hydrogen) atoms. The van der Waals surface area contributed by atoms with E-state index in [1.54, 1.807) is 11.3 Å². The molecule has 0 spiro atoms. The van der Waals surface area contributed by atoms with Gasteiger partial charge in [-0.2, -0.15) is 11.8 Å². The van der Waals surface area contributed by atoms with Crippen molar-refractivity contribution in [1.82, 2.24) is 4.98 Å². The molecule has 0 aliphatic carbocycles. The summed E-state index contributed by atoms with van der Waals surface area (Å²) in [4.78, 5) is 4.41. The Bertz CT molecular complexity index is 266. The summed E-state index contributed by atoms with van der Waals surface area (Å²) in [6.45, 7) is 2.04. The van der Waals surface area contributed by atoms with Crippen LogP contribution in [0.15, 0.2) is 5.38 Å². The fourth-order valence-electron chi connectivity index (χ4n) is 1.44. The molecule has 0 amide bonds. The summed E-state index contributed by atoms with van der Waals surface area (Å²) in [7, 11) is 0. The lowest BCUT2D eigenvalue weighted by Gasteiger charge is -2.21. The van der Waals surface area contributed by atoms with E-state index in [0.29, 0.717) is 6.04 Å². The number of anilines is 1. The van der Waals surface area contributed by atoms with Gasteiger partial charge in [-0.3, -0.25) is 0 Å². The van der Waals surface area contributed by atoms with Gasteiger partial charge in [0, 0.05) is 11.4 Å². The van der Waals surface area contributed by atoms with Gasteiger partial charge in [-0.1, -0.05) is 0 Å². The molecule has 0 saturated carbocycles. The third-order valence-electron chi connectivity index (χ3n) is 2.17. The molecule has 1 fully saturated rings.